The number of phenols is 1. The Bertz CT molecular complexity index is 453. The van der Waals surface area contributed by atoms with Crippen molar-refractivity contribution in [2.75, 3.05) is 0 Å². The summed E-state index contributed by atoms with van der Waals surface area (Å²) in [5.41, 5.74) is 5.50. The summed E-state index contributed by atoms with van der Waals surface area (Å²) in [5, 5.41) is 10.0. The molecule has 1 heterocycles. The first-order valence-electron chi connectivity index (χ1n) is 4.53. The van der Waals surface area contributed by atoms with Crippen molar-refractivity contribution in [2.24, 2.45) is 5.73 Å². The second-order valence-electron chi connectivity index (χ2n) is 3.02. The van der Waals surface area contributed by atoms with Crippen LogP contribution in [0.5, 0.6) is 16.6 Å². The molecule has 0 saturated heterocycles. The van der Waals surface area contributed by atoms with Crippen molar-refractivity contribution in [2.45, 2.75) is 6.54 Å². The van der Waals surface area contributed by atoms with Crippen LogP contribution in [0.4, 0.5) is 0 Å². The monoisotopic (exact) mass is 221 g/mol. The van der Waals surface area contributed by atoms with Gasteiger partial charge in [-0.2, -0.15) is 0 Å². The quantitative estimate of drug-likeness (QED) is 0.837. The second-order valence-corrected chi connectivity index (χ2v) is 4.16. The van der Waals surface area contributed by atoms with E-state index in [4.69, 9.17) is 10.5 Å². The van der Waals surface area contributed by atoms with E-state index in [0.29, 0.717) is 12.3 Å². The molecule has 3 nitrogen and oxygen atoms in total. The lowest BCUT2D eigenvalue weighted by Gasteiger charge is -2.02. The molecule has 0 aliphatic rings. The van der Waals surface area contributed by atoms with Gasteiger partial charge in [0.15, 0.2) is 5.06 Å². The minimum absolute atomic E-state index is 0.197. The van der Waals surface area contributed by atoms with Crippen LogP contribution in [-0.4, -0.2) is 5.11 Å². The van der Waals surface area contributed by atoms with Crippen LogP contribution in [0.2, 0.25) is 0 Å². The summed E-state index contributed by atoms with van der Waals surface area (Å²) >= 11 is 1.50. The predicted molar refractivity (Wildman–Crippen MR) is 60.4 cm³/mol. The molecule has 0 atom stereocenters. The first-order valence-corrected chi connectivity index (χ1v) is 5.35. The maximum atomic E-state index is 9.25. The fourth-order valence-electron chi connectivity index (χ4n) is 1.19. The van der Waals surface area contributed by atoms with Crippen molar-refractivity contribution in [3.63, 3.8) is 0 Å². The first kappa shape index (κ1) is 10.0. The summed E-state index contributed by atoms with van der Waals surface area (Å²) in [6.45, 7) is 0.522. The van der Waals surface area contributed by atoms with E-state index < -0.39 is 0 Å². The molecule has 0 radical (unpaired) electrons. The molecule has 2 aromatic rings. The SMILES string of the molecule is NCc1ccc(Oc2cccc(O)c2)s1. The van der Waals surface area contributed by atoms with Crippen LogP contribution in [0, 0.1) is 0 Å². The van der Waals surface area contributed by atoms with Crippen LogP contribution in [0.1, 0.15) is 4.88 Å². The molecule has 0 amide bonds. The van der Waals surface area contributed by atoms with Crippen LogP contribution < -0.4 is 10.5 Å². The van der Waals surface area contributed by atoms with Gasteiger partial charge in [-0.25, -0.2) is 0 Å². The highest BCUT2D eigenvalue weighted by atomic mass is 32.1. The van der Waals surface area contributed by atoms with Gasteiger partial charge >= 0.3 is 0 Å². The molecule has 1 aromatic heterocycles. The molecule has 78 valence electrons. The van der Waals surface area contributed by atoms with Gasteiger partial charge in [0, 0.05) is 17.5 Å². The summed E-state index contributed by atoms with van der Waals surface area (Å²) in [4.78, 5) is 1.07. The summed E-state index contributed by atoms with van der Waals surface area (Å²) in [7, 11) is 0. The zero-order chi connectivity index (χ0) is 10.7. The average molecular weight is 221 g/mol. The molecule has 0 spiro atoms. The van der Waals surface area contributed by atoms with Crippen LogP contribution in [-0.2, 0) is 6.54 Å². The molecule has 0 aliphatic heterocycles. The van der Waals surface area contributed by atoms with Crippen molar-refractivity contribution in [1.82, 2.24) is 0 Å². The van der Waals surface area contributed by atoms with Gasteiger partial charge in [0.1, 0.15) is 11.5 Å². The molecular formula is C11H11NO2S. The van der Waals surface area contributed by atoms with Crippen molar-refractivity contribution < 1.29 is 9.84 Å². The number of aromatic hydroxyl groups is 1. The topological polar surface area (TPSA) is 55.5 Å². The molecule has 0 aliphatic carbocycles. The van der Waals surface area contributed by atoms with Gasteiger partial charge in [-0.05, 0) is 24.3 Å². The Balaban J connectivity index is 2.14. The zero-order valence-electron chi connectivity index (χ0n) is 8.01. The molecule has 0 bridgehead atoms. The van der Waals surface area contributed by atoms with Gasteiger partial charge in [0.2, 0.25) is 0 Å². The number of ether oxygens (including phenoxy) is 1. The standard InChI is InChI=1S/C11H11NO2S/c12-7-10-4-5-11(15-10)14-9-3-1-2-8(13)6-9/h1-6,13H,7,12H2. The molecule has 4 heteroatoms. The summed E-state index contributed by atoms with van der Waals surface area (Å²) < 4.78 is 5.54. The third-order valence-electron chi connectivity index (χ3n) is 1.87. The first-order chi connectivity index (χ1) is 7.28. The van der Waals surface area contributed by atoms with Crippen LogP contribution in [0.25, 0.3) is 0 Å². The average Bonchev–Trinajstić information content (AvgIpc) is 2.65. The Labute approximate surface area is 91.7 Å². The molecule has 0 unspecified atom stereocenters. The van der Waals surface area contributed by atoms with Gasteiger partial charge in [0.05, 0.1) is 0 Å². The summed E-state index contributed by atoms with van der Waals surface area (Å²) in [6.07, 6.45) is 0. The van der Waals surface area contributed by atoms with Gasteiger partial charge < -0.3 is 15.6 Å². The normalized spacial score (nSPS) is 10.2. The van der Waals surface area contributed by atoms with E-state index in [9.17, 15) is 5.11 Å². The van der Waals surface area contributed by atoms with Crippen molar-refractivity contribution in [3.8, 4) is 16.6 Å². The largest absolute Gasteiger partial charge is 0.508 e. The van der Waals surface area contributed by atoms with E-state index >= 15 is 0 Å². The highest BCUT2D eigenvalue weighted by Crippen LogP contribution is 2.30. The zero-order valence-corrected chi connectivity index (χ0v) is 8.83. The van der Waals surface area contributed by atoms with E-state index in [1.807, 2.05) is 12.1 Å². The van der Waals surface area contributed by atoms with E-state index in [1.165, 1.54) is 11.3 Å². The lowest BCUT2D eigenvalue weighted by Crippen LogP contribution is -1.91. The van der Waals surface area contributed by atoms with Crippen LogP contribution in [0.15, 0.2) is 36.4 Å². The molecule has 3 N–H and O–H groups in total. The lowest BCUT2D eigenvalue weighted by atomic mass is 10.3. The van der Waals surface area contributed by atoms with E-state index in [0.717, 1.165) is 9.94 Å². The smallest absolute Gasteiger partial charge is 0.181 e. The summed E-state index contributed by atoms with van der Waals surface area (Å²) in [6, 6.07) is 10.5. The minimum atomic E-state index is 0.197. The van der Waals surface area contributed by atoms with E-state index in [2.05, 4.69) is 0 Å². The number of hydrogen-bond donors (Lipinski definition) is 2. The van der Waals surface area contributed by atoms with E-state index in [1.54, 1.807) is 24.3 Å². The predicted octanol–water partition coefficient (Wildman–Crippen LogP) is 2.70. The van der Waals surface area contributed by atoms with Crippen LogP contribution >= 0.6 is 11.3 Å². The van der Waals surface area contributed by atoms with E-state index in [-0.39, 0.29) is 5.75 Å². The van der Waals surface area contributed by atoms with Crippen molar-refractivity contribution in [1.29, 1.82) is 0 Å². The van der Waals surface area contributed by atoms with Gasteiger partial charge in [0.25, 0.3) is 0 Å². The lowest BCUT2D eigenvalue weighted by molar-refractivity contribution is 0.460. The second kappa shape index (κ2) is 4.33. The molecule has 15 heavy (non-hydrogen) atoms. The third kappa shape index (κ3) is 2.49. The minimum Gasteiger partial charge on any atom is -0.508 e. The van der Waals surface area contributed by atoms with Crippen molar-refractivity contribution in [3.05, 3.63) is 41.3 Å². The Morgan fingerprint density at radius 2 is 2.13 bits per heavy atom. The van der Waals surface area contributed by atoms with Gasteiger partial charge in [-0.15, -0.1) is 11.3 Å². The molecule has 0 fully saturated rings. The fourth-order valence-corrected chi connectivity index (χ4v) is 1.94. The van der Waals surface area contributed by atoms with Gasteiger partial charge in [-0.1, -0.05) is 6.07 Å². The number of rotatable bonds is 3. The fraction of sp³-hybridized carbons (Fsp3) is 0.0909. The Morgan fingerprint density at radius 1 is 1.27 bits per heavy atom. The Kier molecular flexibility index (Phi) is 2.89. The highest BCUT2D eigenvalue weighted by molar-refractivity contribution is 7.13. The Morgan fingerprint density at radius 3 is 2.80 bits per heavy atom. The number of thiophene rings is 1. The van der Waals surface area contributed by atoms with Crippen LogP contribution in [0.3, 0.4) is 0 Å². The number of nitrogens with two attached hydrogens (primary N) is 1. The number of benzene rings is 1. The summed E-state index contributed by atoms with van der Waals surface area (Å²) in [5.74, 6) is 0.823. The molecule has 2 rings (SSSR count). The molecule has 0 saturated carbocycles. The number of phenolic OH excluding ortho intramolecular Hbond substituents is 1. The van der Waals surface area contributed by atoms with Crippen molar-refractivity contribution >= 4 is 11.3 Å². The maximum Gasteiger partial charge on any atom is 0.181 e. The molecular weight excluding hydrogens is 210 g/mol. The van der Waals surface area contributed by atoms with Gasteiger partial charge in [-0.3, -0.25) is 0 Å². The highest BCUT2D eigenvalue weighted by Gasteiger charge is 2.01. The number of hydrogen-bond acceptors (Lipinski definition) is 4. The molecule has 1 aromatic carbocycles. The maximum absolute atomic E-state index is 9.25. The Hall–Kier alpha value is -1.52. The third-order valence-corrected chi connectivity index (χ3v) is 2.86.